The highest BCUT2D eigenvalue weighted by molar-refractivity contribution is 5.98. The topological polar surface area (TPSA) is 12.5 Å². The SMILES string of the molecule is CN(C)C(c1ccccc1)C(F)(F)O[Si]. The summed E-state index contributed by atoms with van der Waals surface area (Å²) in [4.78, 5) is 1.41. The van der Waals surface area contributed by atoms with Gasteiger partial charge in [0, 0.05) is 0 Å². The fraction of sp³-hybridized carbons (Fsp3) is 0.400. The molecule has 0 heterocycles. The van der Waals surface area contributed by atoms with Gasteiger partial charge in [0.1, 0.15) is 6.04 Å². The van der Waals surface area contributed by atoms with Crippen LogP contribution in [-0.4, -0.2) is 35.6 Å². The number of hydrogen-bond acceptors (Lipinski definition) is 2. The van der Waals surface area contributed by atoms with E-state index in [1.165, 1.54) is 4.90 Å². The molecule has 0 spiro atoms. The summed E-state index contributed by atoms with van der Waals surface area (Å²) in [5.41, 5.74) is 0.505. The van der Waals surface area contributed by atoms with Crippen molar-refractivity contribution in [2.45, 2.75) is 12.2 Å². The van der Waals surface area contributed by atoms with E-state index in [-0.39, 0.29) is 0 Å². The summed E-state index contributed by atoms with van der Waals surface area (Å²) in [6.07, 6.45) is -3.28. The zero-order valence-corrected chi connectivity index (χ0v) is 9.58. The first-order valence-corrected chi connectivity index (χ1v) is 4.84. The smallest absolute Gasteiger partial charge is 0.362 e. The van der Waals surface area contributed by atoms with E-state index in [2.05, 4.69) is 14.9 Å². The number of rotatable bonds is 4. The monoisotopic (exact) mass is 228 g/mol. The van der Waals surface area contributed by atoms with E-state index < -0.39 is 12.2 Å². The Morgan fingerprint density at radius 3 is 2.20 bits per heavy atom. The molecule has 1 aromatic rings. The minimum Gasteiger partial charge on any atom is -0.362 e. The number of hydrogen-bond donors (Lipinski definition) is 0. The Hall–Kier alpha value is -0.783. The Bertz CT molecular complexity index is 306. The number of alkyl halides is 2. The third-order valence-corrected chi connectivity index (χ3v) is 2.36. The van der Waals surface area contributed by atoms with E-state index in [1.807, 2.05) is 0 Å². The maximum atomic E-state index is 13.4. The zero-order valence-electron chi connectivity index (χ0n) is 8.58. The van der Waals surface area contributed by atoms with Gasteiger partial charge in [-0.1, -0.05) is 30.3 Å². The molecule has 5 heteroatoms. The summed E-state index contributed by atoms with van der Waals surface area (Å²) >= 11 is 0. The number of nitrogens with zero attached hydrogens (tertiary/aromatic N) is 1. The quantitative estimate of drug-likeness (QED) is 0.731. The molecule has 0 saturated carbocycles. The van der Waals surface area contributed by atoms with Crippen molar-refractivity contribution in [2.75, 3.05) is 14.1 Å². The van der Waals surface area contributed by atoms with Crippen molar-refractivity contribution in [2.24, 2.45) is 0 Å². The van der Waals surface area contributed by atoms with Crippen LogP contribution in [0.4, 0.5) is 8.78 Å². The van der Waals surface area contributed by atoms with Gasteiger partial charge in [-0.05, 0) is 19.7 Å². The second kappa shape index (κ2) is 4.83. The zero-order chi connectivity index (χ0) is 11.5. The van der Waals surface area contributed by atoms with Gasteiger partial charge in [0.25, 0.3) is 10.5 Å². The first-order chi connectivity index (χ1) is 6.99. The molecule has 0 aliphatic carbocycles. The molecular formula is C10H12F2NOSi. The van der Waals surface area contributed by atoms with Crippen LogP contribution in [0, 0.1) is 0 Å². The highest BCUT2D eigenvalue weighted by Gasteiger charge is 2.41. The van der Waals surface area contributed by atoms with Crippen LogP contribution in [0.3, 0.4) is 0 Å². The van der Waals surface area contributed by atoms with Gasteiger partial charge in [0.05, 0.1) is 0 Å². The van der Waals surface area contributed by atoms with Crippen LogP contribution in [0.15, 0.2) is 30.3 Å². The first-order valence-electron chi connectivity index (χ1n) is 4.43. The Balaban J connectivity index is 3.04. The van der Waals surface area contributed by atoms with Crippen LogP contribution in [0.5, 0.6) is 0 Å². The van der Waals surface area contributed by atoms with E-state index in [1.54, 1.807) is 44.4 Å². The number of benzene rings is 1. The van der Waals surface area contributed by atoms with Crippen LogP contribution in [0.25, 0.3) is 0 Å². The van der Waals surface area contributed by atoms with Crippen LogP contribution < -0.4 is 0 Å². The molecule has 0 aliphatic heterocycles. The minimum absolute atomic E-state index is 0.505. The first kappa shape index (κ1) is 12.3. The summed E-state index contributed by atoms with van der Waals surface area (Å²) in [6, 6.07) is 7.39. The second-order valence-electron chi connectivity index (χ2n) is 3.44. The lowest BCUT2D eigenvalue weighted by molar-refractivity contribution is -0.217. The molecule has 1 atom stereocenters. The normalized spacial score (nSPS) is 14.3. The van der Waals surface area contributed by atoms with Crippen molar-refractivity contribution >= 4 is 10.5 Å². The molecule has 0 amide bonds. The number of halogens is 2. The molecule has 1 rings (SSSR count). The fourth-order valence-electron chi connectivity index (χ4n) is 1.48. The molecule has 0 fully saturated rings. The molecule has 0 aliphatic rings. The number of likely N-dealkylation sites (N-methyl/N-ethyl adjacent to an activating group) is 1. The lowest BCUT2D eigenvalue weighted by atomic mass is 10.1. The average molecular weight is 228 g/mol. The van der Waals surface area contributed by atoms with Crippen molar-refractivity contribution in [1.82, 2.24) is 4.90 Å². The Labute approximate surface area is 91.4 Å². The standard InChI is InChI=1S/C10H12F2NOSi/c1-13(2)9(10(11,12)14-15)8-6-4-3-5-7-8/h3-7,9H,1-2H3. The van der Waals surface area contributed by atoms with Crippen molar-refractivity contribution < 1.29 is 13.2 Å². The van der Waals surface area contributed by atoms with E-state index >= 15 is 0 Å². The summed E-state index contributed by atoms with van der Waals surface area (Å²) in [6.45, 7) is 0. The molecule has 15 heavy (non-hydrogen) atoms. The minimum atomic E-state index is -3.28. The average Bonchev–Trinajstić information content (AvgIpc) is 2.18. The van der Waals surface area contributed by atoms with Gasteiger partial charge in [-0.15, -0.1) is 0 Å². The molecule has 81 valence electrons. The van der Waals surface area contributed by atoms with Gasteiger partial charge in [-0.25, -0.2) is 0 Å². The molecule has 0 bridgehead atoms. The van der Waals surface area contributed by atoms with Gasteiger partial charge in [0.15, 0.2) is 0 Å². The summed E-state index contributed by atoms with van der Waals surface area (Å²) in [7, 11) is 5.57. The predicted molar refractivity (Wildman–Crippen MR) is 54.7 cm³/mol. The van der Waals surface area contributed by atoms with E-state index in [0.29, 0.717) is 5.56 Å². The highest BCUT2D eigenvalue weighted by atomic mass is 28.2. The lowest BCUT2D eigenvalue weighted by Gasteiger charge is -2.31. The second-order valence-corrected chi connectivity index (χ2v) is 3.64. The summed E-state index contributed by atoms with van der Waals surface area (Å²) in [5.74, 6) is 0. The molecule has 2 nitrogen and oxygen atoms in total. The van der Waals surface area contributed by atoms with Gasteiger partial charge in [-0.3, -0.25) is 4.90 Å². The Morgan fingerprint density at radius 1 is 1.27 bits per heavy atom. The molecule has 3 radical (unpaired) electrons. The third kappa shape index (κ3) is 2.84. The maximum Gasteiger partial charge on any atom is 0.366 e. The Kier molecular flexibility index (Phi) is 3.95. The van der Waals surface area contributed by atoms with Crippen LogP contribution >= 0.6 is 0 Å². The largest absolute Gasteiger partial charge is 0.366 e. The lowest BCUT2D eigenvalue weighted by Crippen LogP contribution is -2.38. The predicted octanol–water partition coefficient (Wildman–Crippen LogP) is 1.98. The van der Waals surface area contributed by atoms with Gasteiger partial charge >= 0.3 is 6.11 Å². The molecule has 0 saturated heterocycles. The molecule has 0 aromatic heterocycles. The van der Waals surface area contributed by atoms with E-state index in [4.69, 9.17) is 0 Å². The van der Waals surface area contributed by atoms with Crippen molar-refractivity contribution in [3.8, 4) is 0 Å². The van der Waals surface area contributed by atoms with Crippen LogP contribution in [-0.2, 0) is 4.43 Å². The van der Waals surface area contributed by atoms with Crippen LogP contribution in [0.1, 0.15) is 11.6 Å². The van der Waals surface area contributed by atoms with Gasteiger partial charge in [0.2, 0.25) is 0 Å². The van der Waals surface area contributed by atoms with Crippen LogP contribution in [0.2, 0.25) is 0 Å². The Morgan fingerprint density at radius 2 is 1.80 bits per heavy atom. The molecular weight excluding hydrogens is 216 g/mol. The molecule has 0 N–H and O–H groups in total. The van der Waals surface area contributed by atoms with Gasteiger partial charge in [-0.2, -0.15) is 8.78 Å². The van der Waals surface area contributed by atoms with Crippen molar-refractivity contribution in [1.29, 1.82) is 0 Å². The van der Waals surface area contributed by atoms with Gasteiger partial charge < -0.3 is 4.43 Å². The maximum absolute atomic E-state index is 13.4. The summed E-state index contributed by atoms with van der Waals surface area (Å²) in [5, 5.41) is 0. The fourth-order valence-corrected chi connectivity index (χ4v) is 1.60. The van der Waals surface area contributed by atoms with Crippen molar-refractivity contribution in [3.05, 3.63) is 35.9 Å². The highest BCUT2D eigenvalue weighted by Crippen LogP contribution is 2.35. The third-order valence-electron chi connectivity index (χ3n) is 2.09. The van der Waals surface area contributed by atoms with E-state index in [0.717, 1.165) is 0 Å². The van der Waals surface area contributed by atoms with E-state index in [9.17, 15) is 8.78 Å². The van der Waals surface area contributed by atoms with Crippen molar-refractivity contribution in [3.63, 3.8) is 0 Å². The molecule has 1 aromatic carbocycles. The molecule has 1 unspecified atom stereocenters. The summed E-state index contributed by atoms with van der Waals surface area (Å²) < 4.78 is 30.9.